The molecular formula is C14H23NS. The summed E-state index contributed by atoms with van der Waals surface area (Å²) in [6, 6.07) is 5.41. The first kappa shape index (κ1) is 12.1. The van der Waals surface area contributed by atoms with Crippen molar-refractivity contribution >= 4 is 11.3 Å². The third kappa shape index (κ3) is 4.67. The van der Waals surface area contributed by atoms with Gasteiger partial charge in [-0.15, -0.1) is 11.3 Å². The first-order valence-corrected chi connectivity index (χ1v) is 7.45. The summed E-state index contributed by atoms with van der Waals surface area (Å²) in [7, 11) is 0. The number of nitrogens with one attached hydrogen (secondary N) is 1. The van der Waals surface area contributed by atoms with E-state index in [0.29, 0.717) is 0 Å². The molecule has 1 aromatic heterocycles. The van der Waals surface area contributed by atoms with Gasteiger partial charge >= 0.3 is 0 Å². The van der Waals surface area contributed by atoms with Crippen LogP contribution in [0.15, 0.2) is 12.1 Å². The molecule has 1 nitrogen and oxygen atoms in total. The Balaban J connectivity index is 1.42. The first-order chi connectivity index (χ1) is 7.84. The lowest BCUT2D eigenvalue weighted by Gasteiger charge is -2.02. The Labute approximate surface area is 103 Å². The molecule has 1 aliphatic rings. The summed E-state index contributed by atoms with van der Waals surface area (Å²) >= 11 is 1.96. The van der Waals surface area contributed by atoms with Crippen molar-refractivity contribution < 1.29 is 0 Å². The van der Waals surface area contributed by atoms with Crippen molar-refractivity contribution in [3.63, 3.8) is 0 Å². The molecule has 2 heteroatoms. The number of hydrogen-bond donors (Lipinski definition) is 1. The van der Waals surface area contributed by atoms with Gasteiger partial charge in [0.1, 0.15) is 0 Å². The zero-order chi connectivity index (χ0) is 11.2. The predicted octanol–water partition coefficient (Wildman–Crippen LogP) is 3.91. The van der Waals surface area contributed by atoms with E-state index in [4.69, 9.17) is 0 Å². The summed E-state index contributed by atoms with van der Waals surface area (Å²) in [6.45, 7) is 3.43. The SMILES string of the molecule is Cc1ccc(CCCCCCNC2CC2)s1. The fraction of sp³-hybridized carbons (Fsp3) is 0.714. The second-order valence-corrected chi connectivity index (χ2v) is 6.28. The Morgan fingerprint density at radius 3 is 2.69 bits per heavy atom. The Morgan fingerprint density at radius 2 is 2.00 bits per heavy atom. The molecule has 2 rings (SSSR count). The molecule has 0 aromatic carbocycles. The average Bonchev–Trinajstić information content (AvgIpc) is 3.00. The molecule has 0 amide bonds. The van der Waals surface area contributed by atoms with Crippen LogP contribution in [0, 0.1) is 6.92 Å². The summed E-state index contributed by atoms with van der Waals surface area (Å²) < 4.78 is 0. The smallest absolute Gasteiger partial charge is 0.00682 e. The zero-order valence-corrected chi connectivity index (χ0v) is 11.1. The van der Waals surface area contributed by atoms with Crippen molar-refractivity contribution in [2.75, 3.05) is 6.54 Å². The highest BCUT2D eigenvalue weighted by atomic mass is 32.1. The molecule has 1 heterocycles. The van der Waals surface area contributed by atoms with E-state index in [1.807, 2.05) is 11.3 Å². The second kappa shape index (κ2) is 6.41. The summed E-state index contributed by atoms with van der Waals surface area (Å²) in [6.07, 6.45) is 9.63. The van der Waals surface area contributed by atoms with Gasteiger partial charge in [0.2, 0.25) is 0 Å². The maximum atomic E-state index is 3.57. The van der Waals surface area contributed by atoms with Gasteiger partial charge in [-0.3, -0.25) is 0 Å². The minimum atomic E-state index is 0.883. The highest BCUT2D eigenvalue weighted by Gasteiger charge is 2.19. The maximum absolute atomic E-state index is 3.57. The number of hydrogen-bond acceptors (Lipinski definition) is 2. The van der Waals surface area contributed by atoms with E-state index < -0.39 is 0 Å². The minimum Gasteiger partial charge on any atom is -0.314 e. The predicted molar refractivity (Wildman–Crippen MR) is 72.3 cm³/mol. The van der Waals surface area contributed by atoms with Crippen LogP contribution in [-0.2, 0) is 6.42 Å². The van der Waals surface area contributed by atoms with Gasteiger partial charge in [-0.1, -0.05) is 12.8 Å². The molecule has 1 aliphatic carbocycles. The molecule has 1 aromatic rings. The van der Waals surface area contributed by atoms with Crippen LogP contribution in [-0.4, -0.2) is 12.6 Å². The van der Waals surface area contributed by atoms with Crippen molar-refractivity contribution in [3.8, 4) is 0 Å². The molecule has 0 aliphatic heterocycles. The van der Waals surface area contributed by atoms with Crippen LogP contribution in [0.3, 0.4) is 0 Å². The van der Waals surface area contributed by atoms with Crippen LogP contribution in [0.5, 0.6) is 0 Å². The van der Waals surface area contributed by atoms with Crippen molar-refractivity contribution in [2.24, 2.45) is 0 Å². The highest BCUT2D eigenvalue weighted by molar-refractivity contribution is 7.11. The van der Waals surface area contributed by atoms with Gasteiger partial charge in [-0.05, 0) is 57.7 Å². The Hall–Kier alpha value is -0.340. The number of unbranched alkanes of at least 4 members (excludes halogenated alkanes) is 3. The van der Waals surface area contributed by atoms with Crippen LogP contribution in [0.25, 0.3) is 0 Å². The zero-order valence-electron chi connectivity index (χ0n) is 10.3. The molecule has 1 N–H and O–H groups in total. The van der Waals surface area contributed by atoms with E-state index >= 15 is 0 Å². The van der Waals surface area contributed by atoms with E-state index in [0.717, 1.165) is 6.04 Å². The number of thiophene rings is 1. The fourth-order valence-electron chi connectivity index (χ4n) is 1.99. The topological polar surface area (TPSA) is 12.0 Å². The minimum absolute atomic E-state index is 0.883. The van der Waals surface area contributed by atoms with Crippen molar-refractivity contribution in [1.82, 2.24) is 5.32 Å². The summed E-state index contributed by atoms with van der Waals surface area (Å²) in [5.41, 5.74) is 0. The lowest BCUT2D eigenvalue weighted by molar-refractivity contribution is 0.586. The van der Waals surface area contributed by atoms with Crippen LogP contribution < -0.4 is 5.32 Å². The maximum Gasteiger partial charge on any atom is 0.00682 e. The van der Waals surface area contributed by atoms with Crippen molar-refractivity contribution in [2.45, 2.75) is 57.9 Å². The third-order valence-corrected chi connectivity index (χ3v) is 4.22. The molecule has 0 unspecified atom stereocenters. The van der Waals surface area contributed by atoms with E-state index in [1.54, 1.807) is 4.88 Å². The summed E-state index contributed by atoms with van der Waals surface area (Å²) in [5.74, 6) is 0. The quantitative estimate of drug-likeness (QED) is 0.676. The molecule has 0 bridgehead atoms. The lowest BCUT2D eigenvalue weighted by atomic mass is 10.1. The Bertz CT molecular complexity index is 301. The van der Waals surface area contributed by atoms with E-state index in [-0.39, 0.29) is 0 Å². The van der Waals surface area contributed by atoms with Gasteiger partial charge in [-0.2, -0.15) is 0 Å². The summed E-state index contributed by atoms with van der Waals surface area (Å²) in [5, 5.41) is 3.57. The van der Waals surface area contributed by atoms with Crippen molar-refractivity contribution in [1.29, 1.82) is 0 Å². The van der Waals surface area contributed by atoms with E-state index in [1.165, 1.54) is 56.4 Å². The molecule has 1 saturated carbocycles. The first-order valence-electron chi connectivity index (χ1n) is 6.63. The fourth-order valence-corrected chi connectivity index (χ4v) is 2.92. The second-order valence-electron chi connectivity index (χ2n) is 4.90. The van der Waals surface area contributed by atoms with E-state index in [9.17, 15) is 0 Å². The highest BCUT2D eigenvalue weighted by Crippen LogP contribution is 2.19. The van der Waals surface area contributed by atoms with Crippen LogP contribution in [0.4, 0.5) is 0 Å². The summed E-state index contributed by atoms with van der Waals surface area (Å²) in [4.78, 5) is 3.01. The van der Waals surface area contributed by atoms with Crippen LogP contribution in [0.2, 0.25) is 0 Å². The number of rotatable bonds is 8. The van der Waals surface area contributed by atoms with Gasteiger partial charge in [0.15, 0.2) is 0 Å². The third-order valence-electron chi connectivity index (χ3n) is 3.16. The molecule has 1 fully saturated rings. The standard InChI is InChI=1S/C14H23NS/c1-12-7-10-14(16-12)6-4-2-3-5-11-15-13-8-9-13/h7,10,13,15H,2-6,8-9,11H2,1H3. The molecule has 16 heavy (non-hydrogen) atoms. The van der Waals surface area contributed by atoms with Gasteiger partial charge in [-0.25, -0.2) is 0 Å². The molecular weight excluding hydrogens is 214 g/mol. The van der Waals surface area contributed by atoms with E-state index in [2.05, 4.69) is 24.4 Å². The normalized spacial score (nSPS) is 15.6. The largest absolute Gasteiger partial charge is 0.314 e. The average molecular weight is 237 g/mol. The molecule has 90 valence electrons. The Morgan fingerprint density at radius 1 is 1.19 bits per heavy atom. The monoisotopic (exact) mass is 237 g/mol. The van der Waals surface area contributed by atoms with Crippen LogP contribution >= 0.6 is 11.3 Å². The van der Waals surface area contributed by atoms with Gasteiger partial charge in [0.25, 0.3) is 0 Å². The van der Waals surface area contributed by atoms with Gasteiger partial charge < -0.3 is 5.32 Å². The van der Waals surface area contributed by atoms with Crippen molar-refractivity contribution in [3.05, 3.63) is 21.9 Å². The molecule has 0 saturated heterocycles. The molecule has 0 spiro atoms. The van der Waals surface area contributed by atoms with Gasteiger partial charge in [0, 0.05) is 15.8 Å². The molecule has 0 atom stereocenters. The lowest BCUT2D eigenvalue weighted by Crippen LogP contribution is -2.17. The van der Waals surface area contributed by atoms with Crippen LogP contribution in [0.1, 0.15) is 48.3 Å². The molecule has 0 radical (unpaired) electrons. The number of aryl methyl sites for hydroxylation is 2. The Kier molecular flexibility index (Phi) is 4.86. The van der Waals surface area contributed by atoms with Gasteiger partial charge in [0.05, 0.1) is 0 Å².